The molecule has 0 fully saturated rings. The van der Waals surface area contributed by atoms with E-state index >= 15 is 0 Å². The normalized spacial score (nSPS) is 12.1. The molecule has 0 saturated carbocycles. The molecule has 0 spiro atoms. The third-order valence-corrected chi connectivity index (χ3v) is 7.35. The first-order valence-electron chi connectivity index (χ1n) is 13.1. The second-order valence-electron chi connectivity index (χ2n) is 9.87. The highest BCUT2D eigenvalue weighted by molar-refractivity contribution is 7.07. The molecule has 0 saturated heterocycles. The first-order chi connectivity index (χ1) is 20.5. The summed E-state index contributed by atoms with van der Waals surface area (Å²) in [4.78, 5) is 21.8. The lowest BCUT2D eigenvalue weighted by Gasteiger charge is -2.15. The number of aromatic nitrogens is 4. The smallest absolute Gasteiger partial charge is 0.406 e. The van der Waals surface area contributed by atoms with E-state index in [2.05, 4.69) is 25.1 Å². The van der Waals surface area contributed by atoms with E-state index in [9.17, 15) is 22.4 Å². The van der Waals surface area contributed by atoms with E-state index < -0.39 is 12.4 Å². The number of aryl methyl sites for hydroxylation is 1. The molecule has 43 heavy (non-hydrogen) atoms. The minimum atomic E-state index is -4.76. The molecule has 0 radical (unpaired) electrons. The quantitative estimate of drug-likeness (QED) is 0.200. The second-order valence-corrected chi connectivity index (χ2v) is 10.7. The van der Waals surface area contributed by atoms with Crippen LogP contribution < -0.4 is 14.9 Å². The number of carbonyl (C=O) groups is 1. The van der Waals surface area contributed by atoms with Crippen LogP contribution in [-0.4, -0.2) is 31.7 Å². The molecule has 8 nitrogen and oxygen atoms in total. The summed E-state index contributed by atoms with van der Waals surface area (Å²) < 4.78 is 58.3. The molecule has 1 N–H and O–H groups in total. The van der Waals surface area contributed by atoms with Gasteiger partial charge in [0.15, 0.2) is 10.6 Å². The fourth-order valence-corrected chi connectivity index (χ4v) is 5.22. The molecule has 5 aromatic rings. The predicted octanol–water partition coefficient (Wildman–Crippen LogP) is 7.07. The van der Waals surface area contributed by atoms with Gasteiger partial charge in [-0.15, -0.1) is 29.6 Å². The summed E-state index contributed by atoms with van der Waals surface area (Å²) in [6.45, 7) is 6.10. The van der Waals surface area contributed by atoms with Gasteiger partial charge >= 0.3 is 12.4 Å². The molecule has 222 valence electrons. The Morgan fingerprint density at radius 2 is 1.79 bits per heavy atom. The van der Waals surface area contributed by atoms with Crippen LogP contribution in [0.25, 0.3) is 22.8 Å². The summed E-state index contributed by atoms with van der Waals surface area (Å²) in [5, 5.41) is 9.09. The summed E-state index contributed by atoms with van der Waals surface area (Å²) in [7, 11) is 0. The molecule has 0 aliphatic rings. The van der Waals surface area contributed by atoms with Crippen LogP contribution in [0, 0.1) is 12.7 Å². The van der Waals surface area contributed by atoms with Gasteiger partial charge in [-0.05, 0) is 66.4 Å². The highest BCUT2D eigenvalue weighted by Gasteiger charge is 2.31. The lowest BCUT2D eigenvalue weighted by Crippen LogP contribution is -2.24. The van der Waals surface area contributed by atoms with Crippen LogP contribution >= 0.6 is 11.3 Å². The Kier molecular flexibility index (Phi) is 8.44. The van der Waals surface area contributed by atoms with Crippen molar-refractivity contribution in [2.75, 3.05) is 0 Å². The van der Waals surface area contributed by atoms with Crippen molar-refractivity contribution >= 4 is 17.4 Å². The molecule has 5 rings (SSSR count). The van der Waals surface area contributed by atoms with Crippen molar-refractivity contribution < 1.29 is 27.1 Å². The highest BCUT2D eigenvalue weighted by atomic mass is 32.1. The zero-order valence-corrected chi connectivity index (χ0v) is 24.1. The van der Waals surface area contributed by atoms with E-state index in [-0.39, 0.29) is 24.0 Å². The lowest BCUT2D eigenvalue weighted by molar-refractivity contribution is -0.274. The molecular formula is C30H26F4N6O2S. The average molecular weight is 611 g/mol. The number of benzene rings is 3. The number of amides is 2. The van der Waals surface area contributed by atoms with Crippen LogP contribution in [0.2, 0.25) is 0 Å². The first-order valence-corrected chi connectivity index (χ1v) is 14.0. The lowest BCUT2D eigenvalue weighted by atomic mass is 10.0. The minimum absolute atomic E-state index is 0.0689. The van der Waals surface area contributed by atoms with Gasteiger partial charge < -0.3 is 10.1 Å². The van der Waals surface area contributed by atoms with Gasteiger partial charge in [-0.3, -0.25) is 4.57 Å². The first kappa shape index (κ1) is 29.7. The molecule has 2 amide bonds. The van der Waals surface area contributed by atoms with Crippen LogP contribution in [0.3, 0.4) is 0 Å². The van der Waals surface area contributed by atoms with Gasteiger partial charge in [0.1, 0.15) is 17.9 Å². The van der Waals surface area contributed by atoms with Crippen molar-refractivity contribution in [2.24, 2.45) is 4.99 Å². The third-order valence-electron chi connectivity index (χ3n) is 6.41. The Balaban J connectivity index is 1.25. The van der Waals surface area contributed by atoms with E-state index in [1.54, 1.807) is 18.2 Å². The third kappa shape index (κ3) is 7.17. The summed E-state index contributed by atoms with van der Waals surface area (Å²) in [6.07, 6.45) is -3.31. The number of thiazole rings is 1. The largest absolute Gasteiger partial charge is 0.573 e. The number of nitrogens with zero attached hydrogens (tertiary/aromatic N) is 5. The number of urea groups is 1. The monoisotopic (exact) mass is 610 g/mol. The molecule has 0 unspecified atom stereocenters. The Morgan fingerprint density at radius 1 is 1.07 bits per heavy atom. The molecule has 2 aromatic heterocycles. The van der Waals surface area contributed by atoms with E-state index in [0.29, 0.717) is 21.9 Å². The topological polar surface area (TPSA) is 86.3 Å². The van der Waals surface area contributed by atoms with Crippen LogP contribution in [-0.2, 0) is 6.54 Å². The number of hydrogen-bond donors (Lipinski definition) is 1. The number of rotatable bonds is 7. The number of ether oxygens (including phenoxy) is 1. The van der Waals surface area contributed by atoms with E-state index in [4.69, 9.17) is 0 Å². The van der Waals surface area contributed by atoms with Crippen molar-refractivity contribution in [2.45, 2.75) is 39.6 Å². The second kappa shape index (κ2) is 12.2. The SMILES string of the molecule is Cc1csc(=NC(=O)NCc2ccc(-c3ncn(-c4ccc(OC(F)(F)F)cc4)n3)cc2)n1-c1ccc(F)cc1C(C)C. The van der Waals surface area contributed by atoms with Gasteiger partial charge in [0.25, 0.3) is 0 Å². The molecule has 0 bridgehead atoms. The summed E-state index contributed by atoms with van der Waals surface area (Å²) in [5.74, 6) is -0.162. The van der Waals surface area contributed by atoms with Gasteiger partial charge in [-0.2, -0.15) is 4.99 Å². The molecule has 0 aliphatic heterocycles. The maximum Gasteiger partial charge on any atom is 0.573 e. The summed E-state index contributed by atoms with van der Waals surface area (Å²) in [5.41, 5.74) is 4.52. The Bertz CT molecular complexity index is 1810. The van der Waals surface area contributed by atoms with Crippen LogP contribution in [0.5, 0.6) is 5.75 Å². The number of halogens is 4. The molecule has 0 atom stereocenters. The number of hydrogen-bond acceptors (Lipinski definition) is 5. The van der Waals surface area contributed by atoms with Gasteiger partial charge in [-0.1, -0.05) is 38.1 Å². The van der Waals surface area contributed by atoms with E-state index in [1.807, 2.05) is 42.9 Å². The Labute approximate surface area is 247 Å². The van der Waals surface area contributed by atoms with Crippen molar-refractivity contribution in [1.29, 1.82) is 0 Å². The fraction of sp³-hybridized carbons (Fsp3) is 0.200. The van der Waals surface area contributed by atoms with Crippen LogP contribution in [0.4, 0.5) is 22.4 Å². The van der Waals surface area contributed by atoms with Gasteiger partial charge in [-0.25, -0.2) is 18.9 Å². The number of alkyl halides is 3. The molecule has 2 heterocycles. The predicted molar refractivity (Wildman–Crippen MR) is 154 cm³/mol. The maximum absolute atomic E-state index is 13.9. The summed E-state index contributed by atoms with van der Waals surface area (Å²) >= 11 is 1.32. The zero-order valence-electron chi connectivity index (χ0n) is 23.3. The van der Waals surface area contributed by atoms with Gasteiger partial charge in [0.2, 0.25) is 0 Å². The van der Waals surface area contributed by atoms with Gasteiger partial charge in [0, 0.05) is 23.2 Å². The maximum atomic E-state index is 13.9. The van der Waals surface area contributed by atoms with E-state index in [1.165, 1.54) is 58.7 Å². The minimum Gasteiger partial charge on any atom is -0.406 e. The molecule has 0 aliphatic carbocycles. The standard InChI is InChI=1S/C30H26F4N6O2S/c1-18(2)25-14-22(31)8-13-26(25)40-19(3)16-43-29(40)37-28(41)35-15-20-4-6-21(7-5-20)27-36-17-39(38-27)23-9-11-24(12-10-23)42-30(32,33)34/h4-14,16-18H,15H2,1-3H3,(H,35,41). The molecule has 3 aromatic carbocycles. The fourth-order valence-electron chi connectivity index (χ4n) is 4.35. The van der Waals surface area contributed by atoms with Crippen LogP contribution in [0.1, 0.15) is 36.6 Å². The zero-order chi connectivity index (χ0) is 30.7. The molecule has 13 heteroatoms. The highest BCUT2D eigenvalue weighted by Crippen LogP contribution is 2.26. The molecular weight excluding hydrogens is 584 g/mol. The Hall–Kier alpha value is -4.78. The van der Waals surface area contributed by atoms with Crippen molar-refractivity contribution in [3.8, 4) is 28.5 Å². The van der Waals surface area contributed by atoms with Crippen molar-refractivity contribution in [3.05, 3.63) is 106 Å². The van der Waals surface area contributed by atoms with Crippen LogP contribution in [0.15, 0.2) is 83.4 Å². The Morgan fingerprint density at radius 3 is 2.47 bits per heavy atom. The average Bonchev–Trinajstić information content (AvgIpc) is 3.59. The van der Waals surface area contributed by atoms with Gasteiger partial charge in [0.05, 0.1) is 11.4 Å². The summed E-state index contributed by atoms with van der Waals surface area (Å²) in [6, 6.07) is 16.6. The van der Waals surface area contributed by atoms with E-state index in [0.717, 1.165) is 22.5 Å². The number of nitrogens with one attached hydrogen (secondary N) is 1. The van der Waals surface area contributed by atoms with Crippen molar-refractivity contribution in [3.63, 3.8) is 0 Å². The number of carbonyl (C=O) groups excluding carboxylic acids is 1. The van der Waals surface area contributed by atoms with Crippen molar-refractivity contribution in [1.82, 2.24) is 24.6 Å².